The predicted molar refractivity (Wildman–Crippen MR) is 108 cm³/mol. The lowest BCUT2D eigenvalue weighted by Gasteiger charge is -2.08. The Balaban J connectivity index is 1.79. The zero-order chi connectivity index (χ0) is 20.3. The lowest BCUT2D eigenvalue weighted by molar-refractivity contribution is 0.0991. The number of nitrogens with two attached hydrogens (primary N) is 2. The highest BCUT2D eigenvalue weighted by atomic mass is 16.3. The van der Waals surface area contributed by atoms with Crippen LogP contribution in [0.4, 0.5) is 11.4 Å². The zero-order valence-corrected chi connectivity index (χ0v) is 15.1. The van der Waals surface area contributed by atoms with E-state index in [2.05, 4.69) is 0 Å². The zero-order valence-electron chi connectivity index (χ0n) is 15.1. The van der Waals surface area contributed by atoms with E-state index in [-0.39, 0.29) is 35.9 Å². The minimum atomic E-state index is -0.248. The number of anilines is 2. The number of aromatic hydroxyl groups is 2. The van der Waals surface area contributed by atoms with Crippen molar-refractivity contribution in [3.8, 4) is 11.5 Å². The SMILES string of the molecule is Nc1ccc(O)c(CC(=O)c2cccc(C(=O)Cc3cc(N)ccc3O)c2)c1. The molecule has 0 saturated carbocycles. The van der Waals surface area contributed by atoms with Crippen LogP contribution in [0.2, 0.25) is 0 Å². The van der Waals surface area contributed by atoms with Gasteiger partial charge in [-0.15, -0.1) is 0 Å². The lowest BCUT2D eigenvalue weighted by Crippen LogP contribution is -2.08. The number of phenols is 2. The summed E-state index contributed by atoms with van der Waals surface area (Å²) >= 11 is 0. The maximum absolute atomic E-state index is 12.6. The van der Waals surface area contributed by atoms with E-state index in [0.717, 1.165) is 0 Å². The molecule has 142 valence electrons. The second-order valence-electron chi connectivity index (χ2n) is 6.56. The number of benzene rings is 3. The van der Waals surface area contributed by atoms with Crippen LogP contribution in [0, 0.1) is 0 Å². The summed E-state index contributed by atoms with van der Waals surface area (Å²) in [7, 11) is 0. The fourth-order valence-electron chi connectivity index (χ4n) is 2.91. The molecule has 0 saturated heterocycles. The Morgan fingerprint density at radius 1 is 0.679 bits per heavy atom. The summed E-state index contributed by atoms with van der Waals surface area (Å²) in [4.78, 5) is 25.2. The van der Waals surface area contributed by atoms with Crippen LogP contribution in [-0.2, 0) is 12.8 Å². The van der Waals surface area contributed by atoms with E-state index < -0.39 is 0 Å². The Morgan fingerprint density at radius 2 is 1.11 bits per heavy atom. The average Bonchev–Trinajstić information content (AvgIpc) is 2.67. The highest BCUT2D eigenvalue weighted by Gasteiger charge is 2.15. The number of ketones is 2. The topological polar surface area (TPSA) is 127 Å². The smallest absolute Gasteiger partial charge is 0.167 e. The van der Waals surface area contributed by atoms with Crippen molar-refractivity contribution in [1.82, 2.24) is 0 Å². The van der Waals surface area contributed by atoms with Crippen molar-refractivity contribution in [3.63, 3.8) is 0 Å². The Bertz CT molecular complexity index is 979. The van der Waals surface area contributed by atoms with Crippen LogP contribution >= 0.6 is 0 Å². The van der Waals surface area contributed by atoms with E-state index in [4.69, 9.17) is 11.5 Å². The molecule has 0 unspecified atom stereocenters. The molecule has 0 aliphatic rings. The molecule has 0 bridgehead atoms. The van der Waals surface area contributed by atoms with Gasteiger partial charge in [0.1, 0.15) is 11.5 Å². The first kappa shape index (κ1) is 19.0. The molecular weight excluding hydrogens is 356 g/mol. The van der Waals surface area contributed by atoms with Crippen molar-refractivity contribution in [2.45, 2.75) is 12.8 Å². The van der Waals surface area contributed by atoms with E-state index in [0.29, 0.717) is 33.6 Å². The maximum Gasteiger partial charge on any atom is 0.167 e. The number of carbonyl (C=O) groups is 2. The van der Waals surface area contributed by atoms with Crippen molar-refractivity contribution in [2.75, 3.05) is 11.5 Å². The van der Waals surface area contributed by atoms with Crippen LogP contribution in [0.1, 0.15) is 31.8 Å². The molecule has 3 aromatic rings. The van der Waals surface area contributed by atoms with Gasteiger partial charge in [-0.25, -0.2) is 0 Å². The third kappa shape index (κ3) is 4.29. The minimum Gasteiger partial charge on any atom is -0.508 e. The molecule has 0 radical (unpaired) electrons. The average molecular weight is 376 g/mol. The third-order valence-electron chi connectivity index (χ3n) is 4.42. The Hall–Kier alpha value is -3.80. The highest BCUT2D eigenvalue weighted by molar-refractivity contribution is 6.03. The predicted octanol–water partition coefficient (Wildman–Crippen LogP) is 3.11. The molecule has 0 aromatic heterocycles. The number of nitrogen functional groups attached to an aromatic ring is 2. The highest BCUT2D eigenvalue weighted by Crippen LogP contribution is 2.23. The molecule has 3 rings (SSSR count). The minimum absolute atomic E-state index is 0.00748. The van der Waals surface area contributed by atoms with Gasteiger partial charge < -0.3 is 21.7 Å². The van der Waals surface area contributed by atoms with Gasteiger partial charge in [-0.2, -0.15) is 0 Å². The number of hydrogen-bond acceptors (Lipinski definition) is 6. The molecule has 0 aliphatic heterocycles. The summed E-state index contributed by atoms with van der Waals surface area (Å²) in [6.45, 7) is 0. The van der Waals surface area contributed by atoms with Crippen LogP contribution in [0.5, 0.6) is 11.5 Å². The number of carbonyl (C=O) groups excluding carboxylic acids is 2. The van der Waals surface area contributed by atoms with Gasteiger partial charge in [-0.05, 0) is 42.5 Å². The Labute approximate surface area is 162 Å². The third-order valence-corrected chi connectivity index (χ3v) is 4.42. The van der Waals surface area contributed by atoms with Crippen molar-refractivity contribution < 1.29 is 19.8 Å². The largest absolute Gasteiger partial charge is 0.508 e. The molecule has 3 aromatic carbocycles. The summed E-state index contributed by atoms with van der Waals surface area (Å²) < 4.78 is 0. The van der Waals surface area contributed by atoms with Crippen LogP contribution in [0.25, 0.3) is 0 Å². The second kappa shape index (κ2) is 7.84. The molecular formula is C22H20N2O4. The molecule has 6 nitrogen and oxygen atoms in total. The van der Waals surface area contributed by atoms with E-state index in [1.54, 1.807) is 42.5 Å². The summed E-state index contributed by atoms with van der Waals surface area (Å²) in [6.07, 6.45) is -0.0744. The normalized spacial score (nSPS) is 10.6. The van der Waals surface area contributed by atoms with Crippen LogP contribution in [0.15, 0.2) is 60.7 Å². The van der Waals surface area contributed by atoms with Crippen LogP contribution in [0.3, 0.4) is 0 Å². The van der Waals surface area contributed by atoms with Crippen molar-refractivity contribution in [1.29, 1.82) is 0 Å². The van der Waals surface area contributed by atoms with E-state index in [1.165, 1.54) is 18.2 Å². The molecule has 0 amide bonds. The summed E-state index contributed by atoms with van der Waals surface area (Å²) in [5.41, 5.74) is 13.9. The van der Waals surface area contributed by atoms with Gasteiger partial charge in [0.25, 0.3) is 0 Å². The number of hydrogen-bond donors (Lipinski definition) is 4. The van der Waals surface area contributed by atoms with Crippen molar-refractivity contribution in [2.24, 2.45) is 0 Å². The molecule has 6 heteroatoms. The Morgan fingerprint density at radius 3 is 1.54 bits per heavy atom. The van der Waals surface area contributed by atoms with Crippen molar-refractivity contribution in [3.05, 3.63) is 82.9 Å². The van der Waals surface area contributed by atoms with E-state index in [1.807, 2.05) is 0 Å². The summed E-state index contributed by atoms with van der Waals surface area (Å²) in [5.74, 6) is -0.511. The Kier molecular flexibility index (Phi) is 5.31. The van der Waals surface area contributed by atoms with Crippen LogP contribution < -0.4 is 11.5 Å². The molecule has 0 spiro atoms. The number of phenolic OH excluding ortho intramolecular Hbond substituents is 2. The standard InChI is InChI=1S/C22H20N2O4/c23-17-4-6-19(25)15(9-17)11-21(27)13-2-1-3-14(8-13)22(28)12-16-10-18(24)5-7-20(16)26/h1-10,25-26H,11-12,23-24H2. The molecule has 0 heterocycles. The van der Waals surface area contributed by atoms with E-state index in [9.17, 15) is 19.8 Å². The lowest BCUT2D eigenvalue weighted by atomic mass is 9.97. The van der Waals surface area contributed by atoms with Gasteiger partial charge in [0.15, 0.2) is 11.6 Å². The molecule has 6 N–H and O–H groups in total. The van der Waals surface area contributed by atoms with Gasteiger partial charge in [0.2, 0.25) is 0 Å². The van der Waals surface area contributed by atoms with Crippen LogP contribution in [-0.4, -0.2) is 21.8 Å². The first-order chi connectivity index (χ1) is 13.3. The fraction of sp³-hybridized carbons (Fsp3) is 0.0909. The molecule has 0 aliphatic carbocycles. The van der Waals surface area contributed by atoms with Gasteiger partial charge in [-0.3, -0.25) is 9.59 Å². The number of Topliss-reactive ketones (excluding diaryl/α,β-unsaturated/α-hetero) is 2. The summed E-state index contributed by atoms with van der Waals surface area (Å²) in [6, 6.07) is 15.4. The molecule has 0 atom stereocenters. The van der Waals surface area contributed by atoms with Gasteiger partial charge in [0, 0.05) is 46.5 Å². The second-order valence-corrected chi connectivity index (χ2v) is 6.56. The monoisotopic (exact) mass is 376 g/mol. The summed E-state index contributed by atoms with van der Waals surface area (Å²) in [5, 5.41) is 19.8. The quantitative estimate of drug-likeness (QED) is 0.297. The van der Waals surface area contributed by atoms with Gasteiger partial charge in [-0.1, -0.05) is 18.2 Å². The fourth-order valence-corrected chi connectivity index (χ4v) is 2.91. The van der Waals surface area contributed by atoms with Gasteiger partial charge >= 0.3 is 0 Å². The van der Waals surface area contributed by atoms with E-state index >= 15 is 0 Å². The van der Waals surface area contributed by atoms with Gasteiger partial charge in [0.05, 0.1) is 0 Å². The molecule has 28 heavy (non-hydrogen) atoms. The first-order valence-electron chi connectivity index (χ1n) is 8.64. The first-order valence-corrected chi connectivity index (χ1v) is 8.64. The van der Waals surface area contributed by atoms with Crippen molar-refractivity contribution >= 4 is 22.9 Å². The number of rotatable bonds is 6. The molecule has 0 fully saturated rings. The maximum atomic E-state index is 12.6.